The lowest BCUT2D eigenvalue weighted by Gasteiger charge is -2.12. The summed E-state index contributed by atoms with van der Waals surface area (Å²) in [4.78, 5) is 45.3. The number of nitrogens with one attached hydrogen (secondary N) is 1. The standard InChI is InChI=1S/C25H25N3O6/c1-15(24(30)18-13-26-19-8-5-4-7-16(18)19)34-23(29)9-6-10-28-14-27-20-12-22(33-3)21(32-2)11-17(20)25(28)31/h4-5,7-8,11-15,26H,6,9-10H2,1-3H3. The van der Waals surface area contributed by atoms with E-state index >= 15 is 0 Å². The molecule has 0 aliphatic rings. The van der Waals surface area contributed by atoms with Crippen LogP contribution in [0.4, 0.5) is 0 Å². The van der Waals surface area contributed by atoms with E-state index in [-0.39, 0.29) is 24.3 Å². The third kappa shape index (κ3) is 4.50. The molecule has 9 nitrogen and oxygen atoms in total. The van der Waals surface area contributed by atoms with Crippen molar-refractivity contribution in [2.75, 3.05) is 14.2 Å². The Bertz CT molecular complexity index is 1420. The van der Waals surface area contributed by atoms with Crippen LogP contribution in [0.1, 0.15) is 30.1 Å². The molecule has 4 rings (SSSR count). The summed E-state index contributed by atoms with van der Waals surface area (Å²) in [5.41, 5.74) is 1.57. The summed E-state index contributed by atoms with van der Waals surface area (Å²) < 4.78 is 17.3. The van der Waals surface area contributed by atoms with Crippen molar-refractivity contribution in [3.63, 3.8) is 0 Å². The fourth-order valence-corrected chi connectivity index (χ4v) is 3.84. The SMILES string of the molecule is COc1cc2ncn(CCCC(=O)OC(C)C(=O)c3c[nH]c4ccccc34)c(=O)c2cc1OC. The maximum atomic E-state index is 12.8. The van der Waals surface area contributed by atoms with Gasteiger partial charge >= 0.3 is 5.97 Å². The first-order valence-corrected chi connectivity index (χ1v) is 10.8. The number of aromatic amines is 1. The number of Topliss-reactive ketones (excluding diaryl/α,β-unsaturated/α-hetero) is 1. The fraction of sp³-hybridized carbons (Fsp3) is 0.280. The Labute approximate surface area is 195 Å². The molecule has 0 saturated heterocycles. The van der Waals surface area contributed by atoms with E-state index in [2.05, 4.69) is 9.97 Å². The second-order valence-electron chi connectivity index (χ2n) is 7.82. The molecule has 0 spiro atoms. The minimum atomic E-state index is -0.917. The number of benzene rings is 2. The highest BCUT2D eigenvalue weighted by atomic mass is 16.5. The van der Waals surface area contributed by atoms with Crippen molar-refractivity contribution in [3.05, 3.63) is 64.8 Å². The van der Waals surface area contributed by atoms with Gasteiger partial charge in [0.1, 0.15) is 0 Å². The van der Waals surface area contributed by atoms with E-state index in [9.17, 15) is 14.4 Å². The molecule has 34 heavy (non-hydrogen) atoms. The maximum Gasteiger partial charge on any atom is 0.306 e. The van der Waals surface area contributed by atoms with Crippen LogP contribution >= 0.6 is 0 Å². The lowest BCUT2D eigenvalue weighted by Crippen LogP contribution is -2.25. The average molecular weight is 463 g/mol. The highest BCUT2D eigenvalue weighted by Gasteiger charge is 2.22. The summed E-state index contributed by atoms with van der Waals surface area (Å²) in [6.07, 6.45) is 2.56. The molecule has 0 fully saturated rings. The van der Waals surface area contributed by atoms with Crippen molar-refractivity contribution in [2.45, 2.75) is 32.4 Å². The first-order valence-electron chi connectivity index (χ1n) is 10.8. The smallest absolute Gasteiger partial charge is 0.306 e. The number of carbonyl (C=O) groups excluding carboxylic acids is 2. The van der Waals surface area contributed by atoms with E-state index in [1.165, 1.54) is 25.1 Å². The van der Waals surface area contributed by atoms with Crippen LogP contribution in [0.5, 0.6) is 11.5 Å². The Morgan fingerprint density at radius 2 is 1.82 bits per heavy atom. The number of H-pyrrole nitrogens is 1. The van der Waals surface area contributed by atoms with E-state index < -0.39 is 12.1 Å². The highest BCUT2D eigenvalue weighted by molar-refractivity contribution is 6.10. The number of hydrogen-bond donors (Lipinski definition) is 1. The van der Waals surface area contributed by atoms with Gasteiger partial charge in [-0.2, -0.15) is 0 Å². The van der Waals surface area contributed by atoms with E-state index in [1.807, 2.05) is 24.3 Å². The van der Waals surface area contributed by atoms with Crippen molar-refractivity contribution < 1.29 is 23.8 Å². The van der Waals surface area contributed by atoms with Crippen LogP contribution in [0.2, 0.25) is 0 Å². The molecule has 9 heteroatoms. The summed E-state index contributed by atoms with van der Waals surface area (Å²) in [6.45, 7) is 1.83. The number of aryl methyl sites for hydroxylation is 1. The van der Waals surface area contributed by atoms with E-state index in [0.29, 0.717) is 34.4 Å². The van der Waals surface area contributed by atoms with Crippen LogP contribution in [-0.4, -0.2) is 46.6 Å². The van der Waals surface area contributed by atoms with Crippen LogP contribution in [-0.2, 0) is 16.1 Å². The van der Waals surface area contributed by atoms with Gasteiger partial charge in [-0.05, 0) is 25.5 Å². The normalized spacial score (nSPS) is 12.0. The monoisotopic (exact) mass is 463 g/mol. The molecule has 1 N–H and O–H groups in total. The third-order valence-electron chi connectivity index (χ3n) is 5.64. The number of methoxy groups -OCH3 is 2. The zero-order chi connectivity index (χ0) is 24.2. The number of ketones is 1. The van der Waals surface area contributed by atoms with Gasteiger partial charge in [-0.1, -0.05) is 18.2 Å². The quantitative estimate of drug-likeness (QED) is 0.299. The van der Waals surface area contributed by atoms with Crippen molar-refractivity contribution in [1.29, 1.82) is 0 Å². The second-order valence-corrected chi connectivity index (χ2v) is 7.82. The van der Waals surface area contributed by atoms with Crippen molar-refractivity contribution in [1.82, 2.24) is 14.5 Å². The molecule has 2 aromatic heterocycles. The van der Waals surface area contributed by atoms with Gasteiger partial charge in [0.15, 0.2) is 17.6 Å². The molecule has 2 aromatic carbocycles. The zero-order valence-electron chi connectivity index (χ0n) is 19.2. The Balaban J connectivity index is 1.37. The Morgan fingerprint density at radius 3 is 2.59 bits per heavy atom. The second kappa shape index (κ2) is 9.78. The molecule has 2 heterocycles. The van der Waals surface area contributed by atoms with Crippen LogP contribution in [0.25, 0.3) is 21.8 Å². The summed E-state index contributed by atoms with van der Waals surface area (Å²) >= 11 is 0. The Kier molecular flexibility index (Phi) is 6.62. The van der Waals surface area contributed by atoms with Gasteiger partial charge in [0.25, 0.3) is 5.56 Å². The Hall–Kier alpha value is -4.14. The number of hydrogen-bond acceptors (Lipinski definition) is 7. The van der Waals surface area contributed by atoms with Crippen LogP contribution in [0, 0.1) is 0 Å². The number of ether oxygens (including phenoxy) is 3. The topological polar surface area (TPSA) is 113 Å². The van der Waals surface area contributed by atoms with Crippen LogP contribution < -0.4 is 15.0 Å². The molecular formula is C25H25N3O6. The molecule has 1 unspecified atom stereocenters. The summed E-state index contributed by atoms with van der Waals surface area (Å²) in [7, 11) is 3.01. The lowest BCUT2D eigenvalue weighted by molar-refractivity contribution is -0.146. The van der Waals surface area contributed by atoms with E-state index in [4.69, 9.17) is 14.2 Å². The lowest BCUT2D eigenvalue weighted by atomic mass is 10.1. The van der Waals surface area contributed by atoms with Gasteiger partial charge in [-0.3, -0.25) is 19.0 Å². The molecule has 1 atom stereocenters. The van der Waals surface area contributed by atoms with Gasteiger partial charge in [0, 0.05) is 41.7 Å². The van der Waals surface area contributed by atoms with Crippen molar-refractivity contribution in [3.8, 4) is 11.5 Å². The molecule has 0 bridgehead atoms. The molecule has 0 radical (unpaired) electrons. The zero-order valence-corrected chi connectivity index (χ0v) is 19.2. The summed E-state index contributed by atoms with van der Waals surface area (Å²) in [5.74, 6) is 0.141. The van der Waals surface area contributed by atoms with Crippen molar-refractivity contribution in [2.24, 2.45) is 0 Å². The third-order valence-corrected chi connectivity index (χ3v) is 5.64. The van der Waals surface area contributed by atoms with Crippen LogP contribution in [0.3, 0.4) is 0 Å². The highest BCUT2D eigenvalue weighted by Crippen LogP contribution is 2.29. The number of nitrogens with zero attached hydrogens (tertiary/aromatic N) is 2. The van der Waals surface area contributed by atoms with Gasteiger partial charge in [-0.25, -0.2) is 4.98 Å². The first-order chi connectivity index (χ1) is 16.4. The number of esters is 1. The van der Waals surface area contributed by atoms with Gasteiger partial charge in [-0.15, -0.1) is 0 Å². The molecule has 0 aliphatic heterocycles. The molecule has 0 aliphatic carbocycles. The average Bonchev–Trinajstić information content (AvgIpc) is 3.28. The Morgan fingerprint density at radius 1 is 1.09 bits per heavy atom. The number of carbonyl (C=O) groups is 2. The number of rotatable bonds is 9. The number of fused-ring (bicyclic) bond motifs is 2. The fourth-order valence-electron chi connectivity index (χ4n) is 3.84. The summed E-state index contributed by atoms with van der Waals surface area (Å²) in [6, 6.07) is 10.7. The first kappa shape index (κ1) is 23.0. The van der Waals surface area contributed by atoms with Gasteiger partial charge in [0.2, 0.25) is 5.78 Å². The number of aromatic nitrogens is 3. The summed E-state index contributed by atoms with van der Waals surface area (Å²) in [5, 5.41) is 1.17. The minimum Gasteiger partial charge on any atom is -0.493 e. The van der Waals surface area contributed by atoms with E-state index in [1.54, 1.807) is 25.3 Å². The van der Waals surface area contributed by atoms with Crippen LogP contribution in [0.15, 0.2) is 53.7 Å². The minimum absolute atomic E-state index is 0.0575. The van der Waals surface area contributed by atoms with Gasteiger partial charge < -0.3 is 19.2 Å². The van der Waals surface area contributed by atoms with Crippen molar-refractivity contribution >= 4 is 33.6 Å². The molecule has 0 amide bonds. The number of para-hydroxylation sites is 1. The van der Waals surface area contributed by atoms with Gasteiger partial charge in [0.05, 0.1) is 31.4 Å². The predicted molar refractivity (Wildman–Crippen MR) is 127 cm³/mol. The molecule has 4 aromatic rings. The largest absolute Gasteiger partial charge is 0.493 e. The molecule has 0 saturated carbocycles. The maximum absolute atomic E-state index is 12.8. The predicted octanol–water partition coefficient (Wildman–Crippen LogP) is 3.49. The molecule has 176 valence electrons. The van der Waals surface area contributed by atoms with E-state index in [0.717, 1.165) is 10.9 Å². The molecular weight excluding hydrogens is 438 g/mol.